The van der Waals surface area contributed by atoms with E-state index in [0.717, 1.165) is 5.75 Å². The number of nitrogens with one attached hydrogen (secondary N) is 1. The van der Waals surface area contributed by atoms with Crippen LogP contribution in [0, 0.1) is 0 Å². The lowest BCUT2D eigenvalue weighted by Crippen LogP contribution is -2.40. The summed E-state index contributed by atoms with van der Waals surface area (Å²) in [6, 6.07) is -0.650. The molecular formula is C8H14N2O2S. The molecule has 4 nitrogen and oxygen atoms in total. The third-order valence-electron chi connectivity index (χ3n) is 2.02. The molecule has 13 heavy (non-hydrogen) atoms. The fraction of sp³-hybridized carbons (Fsp3) is 0.750. The van der Waals surface area contributed by atoms with Gasteiger partial charge >= 0.3 is 6.03 Å². The van der Waals surface area contributed by atoms with Crippen LogP contribution in [-0.4, -0.2) is 40.9 Å². The minimum atomic E-state index is -0.364. The molecule has 0 aliphatic carbocycles. The van der Waals surface area contributed by atoms with Gasteiger partial charge in [0, 0.05) is 11.8 Å². The molecule has 0 spiro atoms. The summed E-state index contributed by atoms with van der Waals surface area (Å²) >= 11 is 1.63. The first kappa shape index (κ1) is 10.4. The number of carbonyl (C=O) groups is 2. The zero-order valence-electron chi connectivity index (χ0n) is 8.03. The molecule has 1 aliphatic rings. The number of urea groups is 1. The Morgan fingerprint density at radius 3 is 2.62 bits per heavy atom. The van der Waals surface area contributed by atoms with Crippen molar-refractivity contribution in [2.45, 2.75) is 25.9 Å². The molecule has 0 aromatic carbocycles. The number of nitrogens with zero attached hydrogens (tertiary/aromatic N) is 1. The average molecular weight is 202 g/mol. The van der Waals surface area contributed by atoms with Gasteiger partial charge in [-0.1, -0.05) is 0 Å². The number of carbonyl (C=O) groups excluding carboxylic acids is 2. The Morgan fingerprint density at radius 1 is 1.62 bits per heavy atom. The molecule has 1 heterocycles. The molecule has 2 atom stereocenters. The molecule has 0 aromatic rings. The largest absolute Gasteiger partial charge is 0.326 e. The summed E-state index contributed by atoms with van der Waals surface area (Å²) < 4.78 is 0. The molecule has 1 N–H and O–H groups in total. The van der Waals surface area contributed by atoms with E-state index in [1.54, 1.807) is 18.7 Å². The summed E-state index contributed by atoms with van der Waals surface area (Å²) in [6.07, 6.45) is 1.96. The highest BCUT2D eigenvalue weighted by molar-refractivity contribution is 7.98. The summed E-state index contributed by atoms with van der Waals surface area (Å²) in [7, 11) is 0. The molecule has 0 bridgehead atoms. The number of rotatable bonds is 3. The van der Waals surface area contributed by atoms with E-state index in [1.165, 1.54) is 4.90 Å². The van der Waals surface area contributed by atoms with Gasteiger partial charge in [0.2, 0.25) is 0 Å². The van der Waals surface area contributed by atoms with E-state index >= 15 is 0 Å². The van der Waals surface area contributed by atoms with Crippen LogP contribution in [0.1, 0.15) is 13.8 Å². The predicted octanol–water partition coefficient (Wildman–Crippen LogP) is 0.678. The highest BCUT2D eigenvalue weighted by atomic mass is 32.2. The van der Waals surface area contributed by atoms with Gasteiger partial charge in [0.15, 0.2) is 0 Å². The molecule has 1 rings (SSSR count). The minimum absolute atomic E-state index is 0.0209. The fourth-order valence-electron chi connectivity index (χ4n) is 1.36. The van der Waals surface area contributed by atoms with Crippen molar-refractivity contribution in [3.8, 4) is 0 Å². The van der Waals surface area contributed by atoms with Crippen LogP contribution in [0.4, 0.5) is 4.79 Å². The Morgan fingerprint density at radius 2 is 2.23 bits per heavy atom. The molecule has 74 valence electrons. The van der Waals surface area contributed by atoms with Gasteiger partial charge < -0.3 is 5.32 Å². The number of imide groups is 1. The summed E-state index contributed by atoms with van der Waals surface area (Å²) in [5, 5.41) is 2.58. The Labute approximate surface area is 82.0 Å². The van der Waals surface area contributed by atoms with Gasteiger partial charge in [-0.2, -0.15) is 11.8 Å². The zero-order valence-corrected chi connectivity index (χ0v) is 8.85. The van der Waals surface area contributed by atoms with Crippen LogP contribution >= 0.6 is 11.8 Å². The van der Waals surface area contributed by atoms with Gasteiger partial charge in [0.05, 0.1) is 0 Å². The smallest absolute Gasteiger partial charge is 0.325 e. The molecule has 1 unspecified atom stereocenters. The predicted molar refractivity (Wildman–Crippen MR) is 52.7 cm³/mol. The van der Waals surface area contributed by atoms with Crippen molar-refractivity contribution in [2.24, 2.45) is 0 Å². The second-order valence-corrected chi connectivity index (χ2v) is 4.09. The van der Waals surface area contributed by atoms with Crippen molar-refractivity contribution in [2.75, 3.05) is 12.0 Å². The minimum Gasteiger partial charge on any atom is -0.326 e. The lowest BCUT2D eigenvalue weighted by Gasteiger charge is -2.20. The van der Waals surface area contributed by atoms with Crippen LogP contribution in [0.2, 0.25) is 0 Å². The summed E-state index contributed by atoms with van der Waals surface area (Å²) in [5.74, 6) is 0.665. The van der Waals surface area contributed by atoms with Crippen LogP contribution in [0.15, 0.2) is 0 Å². The third-order valence-corrected chi connectivity index (χ3v) is 2.83. The van der Waals surface area contributed by atoms with Gasteiger partial charge in [-0.3, -0.25) is 9.69 Å². The zero-order chi connectivity index (χ0) is 10.0. The maximum atomic E-state index is 11.5. The maximum absolute atomic E-state index is 11.5. The third kappa shape index (κ3) is 1.96. The standard InChI is InChI=1S/C8H14N2O2S/c1-5(4-13-3)10-7(11)6(2)9-8(10)12/h5-6H,4H2,1-3H3,(H,9,12)/t5?,6-/m1/s1. The van der Waals surface area contributed by atoms with Crippen molar-refractivity contribution < 1.29 is 9.59 Å². The summed E-state index contributed by atoms with van der Waals surface area (Å²) in [6.45, 7) is 3.58. The van der Waals surface area contributed by atoms with Crippen LogP contribution in [0.5, 0.6) is 0 Å². The van der Waals surface area contributed by atoms with Crippen molar-refractivity contribution in [3.63, 3.8) is 0 Å². The molecule has 0 aromatic heterocycles. The molecule has 0 saturated carbocycles. The highest BCUT2D eigenvalue weighted by Crippen LogP contribution is 2.13. The number of amides is 3. The van der Waals surface area contributed by atoms with E-state index in [2.05, 4.69) is 5.32 Å². The second kappa shape index (κ2) is 4.00. The average Bonchev–Trinajstić information content (AvgIpc) is 2.27. The first-order valence-electron chi connectivity index (χ1n) is 4.20. The molecule has 1 fully saturated rings. The van der Waals surface area contributed by atoms with E-state index in [-0.39, 0.29) is 24.0 Å². The van der Waals surface area contributed by atoms with Crippen LogP contribution < -0.4 is 5.32 Å². The lowest BCUT2D eigenvalue weighted by atomic mass is 10.3. The normalized spacial score (nSPS) is 24.8. The summed E-state index contributed by atoms with van der Waals surface area (Å²) in [4.78, 5) is 24.1. The maximum Gasteiger partial charge on any atom is 0.325 e. The van der Waals surface area contributed by atoms with E-state index in [1.807, 2.05) is 13.2 Å². The summed E-state index contributed by atoms with van der Waals surface area (Å²) in [5.41, 5.74) is 0. The Hall–Kier alpha value is -0.710. The van der Waals surface area contributed by atoms with Gasteiger partial charge in [-0.05, 0) is 20.1 Å². The first-order chi connectivity index (χ1) is 6.07. The molecular weight excluding hydrogens is 188 g/mol. The Bertz CT molecular complexity index is 232. The number of hydrogen-bond donors (Lipinski definition) is 1. The molecule has 1 aliphatic heterocycles. The topological polar surface area (TPSA) is 49.4 Å². The van der Waals surface area contributed by atoms with E-state index < -0.39 is 0 Å². The first-order valence-corrected chi connectivity index (χ1v) is 5.59. The van der Waals surface area contributed by atoms with E-state index in [0.29, 0.717) is 0 Å². The number of hydrogen-bond acceptors (Lipinski definition) is 3. The van der Waals surface area contributed by atoms with E-state index in [9.17, 15) is 9.59 Å². The van der Waals surface area contributed by atoms with Gasteiger partial charge in [-0.15, -0.1) is 0 Å². The van der Waals surface area contributed by atoms with Crippen molar-refractivity contribution in [3.05, 3.63) is 0 Å². The molecule has 1 saturated heterocycles. The van der Waals surface area contributed by atoms with E-state index in [4.69, 9.17) is 0 Å². The van der Waals surface area contributed by atoms with Gasteiger partial charge in [-0.25, -0.2) is 4.79 Å². The SMILES string of the molecule is CSCC(C)N1C(=O)N[C@H](C)C1=O. The fourth-order valence-corrected chi connectivity index (χ4v) is 1.99. The van der Waals surface area contributed by atoms with Crippen LogP contribution in [-0.2, 0) is 4.79 Å². The van der Waals surface area contributed by atoms with Gasteiger partial charge in [0.25, 0.3) is 5.91 Å². The number of thioether (sulfide) groups is 1. The monoisotopic (exact) mass is 202 g/mol. The molecule has 5 heteroatoms. The molecule has 0 radical (unpaired) electrons. The van der Waals surface area contributed by atoms with Crippen LogP contribution in [0.3, 0.4) is 0 Å². The highest BCUT2D eigenvalue weighted by Gasteiger charge is 2.37. The quantitative estimate of drug-likeness (QED) is 0.685. The van der Waals surface area contributed by atoms with Crippen LogP contribution in [0.25, 0.3) is 0 Å². The Balaban J connectivity index is 2.68. The molecule has 3 amide bonds. The Kier molecular flexibility index (Phi) is 3.19. The van der Waals surface area contributed by atoms with Crippen molar-refractivity contribution >= 4 is 23.7 Å². The van der Waals surface area contributed by atoms with Crippen molar-refractivity contribution in [1.82, 2.24) is 10.2 Å². The van der Waals surface area contributed by atoms with Crippen molar-refractivity contribution in [1.29, 1.82) is 0 Å². The van der Waals surface area contributed by atoms with Gasteiger partial charge in [0.1, 0.15) is 6.04 Å². The second-order valence-electron chi connectivity index (χ2n) is 3.18. The lowest BCUT2D eigenvalue weighted by molar-refractivity contribution is -0.128.